The molecule has 0 unspecified atom stereocenters. The van der Waals surface area contributed by atoms with E-state index in [1.165, 1.54) is 12.1 Å². The van der Waals surface area contributed by atoms with Crippen LogP contribution in [0.2, 0.25) is 5.02 Å². The van der Waals surface area contributed by atoms with E-state index in [-0.39, 0.29) is 16.8 Å². The molecule has 2 heterocycles. The fourth-order valence-corrected chi connectivity index (χ4v) is 3.95. The SMILES string of the molecule is O=C(Nc1ccccc1-c1nc2ccc(Cl)cc2[nH]1)c1cc([N+](=O)[O-])c2nsnc2c1. The normalized spacial score (nSPS) is 11.1. The van der Waals surface area contributed by atoms with E-state index in [1.807, 2.05) is 12.1 Å². The van der Waals surface area contributed by atoms with Crippen molar-refractivity contribution in [2.75, 3.05) is 5.32 Å². The second kappa shape index (κ2) is 7.42. The fourth-order valence-electron chi connectivity index (χ4n) is 3.25. The molecule has 152 valence electrons. The zero-order chi connectivity index (χ0) is 21.5. The molecule has 2 aromatic heterocycles. The van der Waals surface area contributed by atoms with Crippen LogP contribution in [0.3, 0.4) is 0 Å². The maximum atomic E-state index is 12.9. The number of fused-ring (bicyclic) bond motifs is 2. The summed E-state index contributed by atoms with van der Waals surface area (Å²) >= 11 is 6.90. The van der Waals surface area contributed by atoms with Gasteiger partial charge < -0.3 is 10.3 Å². The van der Waals surface area contributed by atoms with Gasteiger partial charge >= 0.3 is 0 Å². The van der Waals surface area contributed by atoms with Crippen LogP contribution in [0.1, 0.15) is 10.4 Å². The van der Waals surface area contributed by atoms with E-state index in [9.17, 15) is 14.9 Å². The second-order valence-electron chi connectivity index (χ2n) is 6.63. The Bertz CT molecular complexity index is 1500. The first kappa shape index (κ1) is 19.1. The predicted molar refractivity (Wildman–Crippen MR) is 119 cm³/mol. The average molecular weight is 451 g/mol. The molecule has 5 aromatic rings. The summed E-state index contributed by atoms with van der Waals surface area (Å²) in [7, 11) is 0. The zero-order valence-corrected chi connectivity index (χ0v) is 17.1. The predicted octanol–water partition coefficient (Wildman–Crippen LogP) is 5.05. The number of anilines is 1. The summed E-state index contributed by atoms with van der Waals surface area (Å²) < 4.78 is 7.97. The lowest BCUT2D eigenvalue weighted by atomic mass is 10.1. The molecule has 1 amide bonds. The Labute approximate surface area is 183 Å². The Balaban J connectivity index is 1.53. The molecule has 3 aromatic carbocycles. The minimum atomic E-state index is -0.575. The van der Waals surface area contributed by atoms with Gasteiger partial charge in [0.1, 0.15) is 11.3 Å². The quantitative estimate of drug-likeness (QED) is 0.291. The van der Waals surface area contributed by atoms with Crippen molar-refractivity contribution in [3.63, 3.8) is 0 Å². The highest BCUT2D eigenvalue weighted by atomic mass is 35.5. The fraction of sp³-hybridized carbons (Fsp3) is 0. The van der Waals surface area contributed by atoms with E-state index in [2.05, 4.69) is 24.0 Å². The Morgan fingerprint density at radius 2 is 1.94 bits per heavy atom. The minimum Gasteiger partial charge on any atom is -0.338 e. The molecule has 0 aliphatic rings. The van der Waals surface area contributed by atoms with Crippen molar-refractivity contribution >= 4 is 62.7 Å². The summed E-state index contributed by atoms with van der Waals surface area (Å²) in [5.41, 5.74) is 2.96. The van der Waals surface area contributed by atoms with Crippen molar-refractivity contribution in [3.05, 3.63) is 75.3 Å². The van der Waals surface area contributed by atoms with Crippen molar-refractivity contribution in [3.8, 4) is 11.4 Å². The third kappa shape index (κ3) is 3.47. The number of rotatable bonds is 4. The summed E-state index contributed by atoms with van der Waals surface area (Å²) in [6.07, 6.45) is 0. The van der Waals surface area contributed by atoms with Gasteiger partial charge in [-0.25, -0.2) is 4.98 Å². The molecule has 11 heteroatoms. The molecule has 0 bridgehead atoms. The van der Waals surface area contributed by atoms with E-state index in [1.54, 1.807) is 30.3 Å². The van der Waals surface area contributed by atoms with E-state index in [0.717, 1.165) is 22.8 Å². The molecular formula is C20H11ClN6O3S. The third-order valence-electron chi connectivity index (χ3n) is 4.67. The van der Waals surface area contributed by atoms with Crippen molar-refractivity contribution in [2.24, 2.45) is 0 Å². The van der Waals surface area contributed by atoms with Crippen LogP contribution in [-0.4, -0.2) is 29.5 Å². The molecule has 0 aliphatic heterocycles. The van der Waals surface area contributed by atoms with Crippen LogP contribution in [0, 0.1) is 10.1 Å². The Kier molecular flexibility index (Phi) is 4.57. The van der Waals surface area contributed by atoms with Crippen molar-refractivity contribution in [1.82, 2.24) is 18.7 Å². The summed E-state index contributed by atoms with van der Waals surface area (Å²) in [4.78, 5) is 31.5. The molecule has 0 atom stereocenters. The van der Waals surface area contributed by atoms with Crippen molar-refractivity contribution in [1.29, 1.82) is 0 Å². The van der Waals surface area contributed by atoms with Crippen LogP contribution in [0.4, 0.5) is 11.4 Å². The van der Waals surface area contributed by atoms with Gasteiger partial charge in [-0.05, 0) is 36.4 Å². The van der Waals surface area contributed by atoms with Crippen LogP contribution >= 0.6 is 23.3 Å². The monoisotopic (exact) mass is 450 g/mol. The lowest BCUT2D eigenvalue weighted by molar-refractivity contribution is -0.383. The highest BCUT2D eigenvalue weighted by Crippen LogP contribution is 2.30. The summed E-state index contributed by atoms with van der Waals surface area (Å²) in [5, 5.41) is 14.8. The number of imidazole rings is 1. The van der Waals surface area contributed by atoms with Gasteiger partial charge in [0.15, 0.2) is 5.52 Å². The standard InChI is InChI=1S/C20H11ClN6O3S/c21-11-5-6-14-15(9-11)23-19(22-14)12-3-1-2-4-13(12)24-20(28)10-7-16-18(26-31-25-16)17(8-10)27(29)30/h1-9H,(H,22,23)(H,24,28). The topological polar surface area (TPSA) is 127 Å². The highest BCUT2D eigenvalue weighted by Gasteiger charge is 2.21. The maximum Gasteiger partial charge on any atom is 0.299 e. The number of para-hydroxylation sites is 1. The smallest absolute Gasteiger partial charge is 0.299 e. The number of nitrogens with one attached hydrogen (secondary N) is 2. The molecule has 31 heavy (non-hydrogen) atoms. The highest BCUT2D eigenvalue weighted by molar-refractivity contribution is 7.00. The lowest BCUT2D eigenvalue weighted by Gasteiger charge is -2.09. The molecule has 9 nitrogen and oxygen atoms in total. The molecule has 2 N–H and O–H groups in total. The number of carbonyl (C=O) groups excluding carboxylic acids is 1. The number of aromatic nitrogens is 4. The number of benzene rings is 3. The van der Waals surface area contributed by atoms with Crippen LogP contribution in [-0.2, 0) is 0 Å². The third-order valence-corrected chi connectivity index (χ3v) is 5.45. The number of hydrogen-bond acceptors (Lipinski definition) is 7. The van der Waals surface area contributed by atoms with Crippen molar-refractivity contribution in [2.45, 2.75) is 0 Å². The number of hydrogen-bond donors (Lipinski definition) is 2. The molecule has 5 rings (SSSR count). The van der Waals surface area contributed by atoms with Gasteiger partial charge in [-0.2, -0.15) is 8.75 Å². The van der Waals surface area contributed by atoms with Gasteiger partial charge in [-0.15, -0.1) is 0 Å². The Morgan fingerprint density at radius 1 is 1.10 bits per heavy atom. The number of non-ortho nitro benzene ring substituents is 1. The molecular weight excluding hydrogens is 440 g/mol. The zero-order valence-electron chi connectivity index (χ0n) is 15.5. The number of nitrogens with zero attached hydrogens (tertiary/aromatic N) is 4. The number of H-pyrrole nitrogens is 1. The Morgan fingerprint density at radius 3 is 2.77 bits per heavy atom. The lowest BCUT2D eigenvalue weighted by Crippen LogP contribution is -2.13. The number of halogens is 1. The number of nitro groups is 1. The number of amides is 1. The van der Waals surface area contributed by atoms with Crippen LogP contribution in [0.25, 0.3) is 33.5 Å². The summed E-state index contributed by atoms with van der Waals surface area (Å²) in [6.45, 7) is 0. The first-order chi connectivity index (χ1) is 15.0. The van der Waals surface area contributed by atoms with Gasteiger partial charge in [0.05, 0.1) is 33.4 Å². The van der Waals surface area contributed by atoms with E-state index < -0.39 is 10.8 Å². The van der Waals surface area contributed by atoms with Gasteiger partial charge in [0, 0.05) is 22.2 Å². The van der Waals surface area contributed by atoms with Gasteiger partial charge in [-0.3, -0.25) is 14.9 Å². The van der Waals surface area contributed by atoms with Crippen LogP contribution < -0.4 is 5.32 Å². The first-order valence-corrected chi connectivity index (χ1v) is 10.1. The molecule has 0 fully saturated rings. The van der Waals surface area contributed by atoms with Gasteiger partial charge in [0.25, 0.3) is 11.6 Å². The summed E-state index contributed by atoms with van der Waals surface area (Å²) in [5.74, 6) is 0.0444. The van der Waals surface area contributed by atoms with Crippen LogP contribution in [0.15, 0.2) is 54.6 Å². The number of carbonyl (C=O) groups is 1. The van der Waals surface area contributed by atoms with Crippen molar-refractivity contribution < 1.29 is 9.72 Å². The Hall–Kier alpha value is -3.89. The first-order valence-electron chi connectivity index (χ1n) is 8.96. The largest absolute Gasteiger partial charge is 0.338 e. The minimum absolute atomic E-state index is 0.109. The number of aromatic amines is 1. The molecule has 0 saturated carbocycles. The molecule has 0 aliphatic carbocycles. The van der Waals surface area contributed by atoms with Gasteiger partial charge in [0.2, 0.25) is 0 Å². The van der Waals surface area contributed by atoms with E-state index in [0.29, 0.717) is 27.6 Å². The van der Waals surface area contributed by atoms with Gasteiger partial charge in [-0.1, -0.05) is 23.7 Å². The van der Waals surface area contributed by atoms with Crippen LogP contribution in [0.5, 0.6) is 0 Å². The maximum absolute atomic E-state index is 12.9. The van der Waals surface area contributed by atoms with E-state index in [4.69, 9.17) is 11.6 Å². The second-order valence-corrected chi connectivity index (χ2v) is 7.60. The molecule has 0 radical (unpaired) electrons. The number of nitro benzene ring substituents is 1. The van der Waals surface area contributed by atoms with E-state index >= 15 is 0 Å². The average Bonchev–Trinajstić information content (AvgIpc) is 3.39. The summed E-state index contributed by atoms with van der Waals surface area (Å²) in [6, 6.07) is 15.1. The molecule has 0 saturated heterocycles. The molecule has 0 spiro atoms.